The monoisotopic (exact) mass is 191 g/mol. The number of aliphatic imine (C=N–C) groups is 1. The number of nitrogens with two attached hydrogens (primary N) is 2. The Labute approximate surface area is 84.8 Å². The molecular weight excluding hydrogens is 174 g/mol. The summed E-state index contributed by atoms with van der Waals surface area (Å²) in [6.07, 6.45) is 3.94. The summed E-state index contributed by atoms with van der Waals surface area (Å²) in [7, 11) is 0. The summed E-state index contributed by atoms with van der Waals surface area (Å²) in [5.74, 6) is 0. The lowest BCUT2D eigenvalue weighted by Gasteiger charge is -1.95. The van der Waals surface area contributed by atoms with Crippen LogP contribution in [0.1, 0.15) is 18.4 Å². The van der Waals surface area contributed by atoms with Gasteiger partial charge in [0.05, 0.1) is 0 Å². The molecule has 0 fully saturated rings. The van der Waals surface area contributed by atoms with Crippen LogP contribution in [0.4, 0.5) is 5.69 Å². The Bertz CT molecular complexity index is 294. The van der Waals surface area contributed by atoms with Gasteiger partial charge in [-0.3, -0.25) is 4.99 Å². The van der Waals surface area contributed by atoms with E-state index in [0.29, 0.717) is 0 Å². The van der Waals surface area contributed by atoms with Gasteiger partial charge in [-0.05, 0) is 37.1 Å². The van der Waals surface area contributed by atoms with Crippen molar-refractivity contribution in [3.63, 3.8) is 0 Å². The molecule has 0 heterocycles. The fraction of sp³-hybridized carbons (Fsp3) is 0.364. The van der Waals surface area contributed by atoms with Gasteiger partial charge >= 0.3 is 0 Å². The van der Waals surface area contributed by atoms with Crippen molar-refractivity contribution >= 4 is 11.9 Å². The van der Waals surface area contributed by atoms with Crippen molar-refractivity contribution in [2.75, 3.05) is 18.8 Å². The highest BCUT2D eigenvalue weighted by Gasteiger charge is 1.88. The van der Waals surface area contributed by atoms with Crippen LogP contribution in [0, 0.1) is 0 Å². The van der Waals surface area contributed by atoms with Crippen LogP contribution < -0.4 is 11.5 Å². The summed E-state index contributed by atoms with van der Waals surface area (Å²) in [4.78, 5) is 4.28. The molecule has 0 aliphatic carbocycles. The summed E-state index contributed by atoms with van der Waals surface area (Å²) in [5.41, 5.74) is 12.8. The van der Waals surface area contributed by atoms with E-state index in [1.807, 2.05) is 30.5 Å². The van der Waals surface area contributed by atoms with Crippen LogP contribution in [0.15, 0.2) is 29.3 Å². The lowest BCUT2D eigenvalue weighted by molar-refractivity contribution is 0.757. The normalized spacial score (nSPS) is 10.9. The largest absolute Gasteiger partial charge is 0.399 e. The molecule has 0 atom stereocenters. The number of unbranched alkanes of at least 4 members (excludes halogenated alkanes) is 1. The van der Waals surface area contributed by atoms with Gasteiger partial charge in [-0.1, -0.05) is 12.1 Å². The minimum atomic E-state index is 0.744. The molecule has 1 rings (SSSR count). The van der Waals surface area contributed by atoms with Crippen molar-refractivity contribution in [1.29, 1.82) is 0 Å². The van der Waals surface area contributed by atoms with Crippen LogP contribution in [0.3, 0.4) is 0 Å². The molecule has 0 aliphatic rings. The number of nitrogens with zero attached hydrogens (tertiary/aromatic N) is 1. The number of rotatable bonds is 5. The second-order valence-electron chi connectivity index (χ2n) is 3.20. The lowest BCUT2D eigenvalue weighted by atomic mass is 10.2. The molecule has 0 aliphatic heterocycles. The molecule has 0 bridgehead atoms. The highest BCUT2D eigenvalue weighted by atomic mass is 14.7. The minimum Gasteiger partial charge on any atom is -0.399 e. The number of hydrogen-bond acceptors (Lipinski definition) is 3. The van der Waals surface area contributed by atoms with Crippen LogP contribution in [0.25, 0.3) is 0 Å². The first kappa shape index (κ1) is 10.7. The molecule has 1 aromatic rings. The molecule has 0 radical (unpaired) electrons. The van der Waals surface area contributed by atoms with E-state index in [1.54, 1.807) is 0 Å². The molecule has 0 saturated carbocycles. The maximum atomic E-state index is 5.63. The standard InChI is InChI=1S/C11H17N3/c12-6-1-2-7-14-9-10-4-3-5-11(13)8-10/h3-5,8-9H,1-2,6-7,12-13H2. The molecule has 76 valence electrons. The Hall–Kier alpha value is -1.35. The third-order valence-electron chi connectivity index (χ3n) is 1.89. The molecular formula is C11H17N3. The molecule has 0 amide bonds. The Morgan fingerprint density at radius 1 is 1.29 bits per heavy atom. The van der Waals surface area contributed by atoms with Crippen LogP contribution in [0.5, 0.6) is 0 Å². The van der Waals surface area contributed by atoms with Crippen molar-refractivity contribution in [3.05, 3.63) is 29.8 Å². The number of benzene rings is 1. The fourth-order valence-electron chi connectivity index (χ4n) is 1.16. The topological polar surface area (TPSA) is 64.4 Å². The quantitative estimate of drug-likeness (QED) is 0.420. The highest BCUT2D eigenvalue weighted by Crippen LogP contribution is 2.03. The van der Waals surface area contributed by atoms with Gasteiger partial charge < -0.3 is 11.5 Å². The van der Waals surface area contributed by atoms with Crippen LogP contribution in [-0.2, 0) is 0 Å². The molecule has 1 aromatic carbocycles. The molecule has 0 spiro atoms. The third kappa shape index (κ3) is 4.05. The van der Waals surface area contributed by atoms with Crippen molar-refractivity contribution in [2.24, 2.45) is 10.7 Å². The first-order chi connectivity index (χ1) is 6.83. The predicted molar refractivity (Wildman–Crippen MR) is 61.6 cm³/mol. The molecule has 0 unspecified atom stereocenters. The third-order valence-corrected chi connectivity index (χ3v) is 1.89. The van der Waals surface area contributed by atoms with E-state index in [4.69, 9.17) is 11.5 Å². The average molecular weight is 191 g/mol. The van der Waals surface area contributed by atoms with Crippen molar-refractivity contribution in [3.8, 4) is 0 Å². The molecule has 0 aromatic heterocycles. The first-order valence-corrected chi connectivity index (χ1v) is 4.88. The maximum absolute atomic E-state index is 5.63. The number of hydrogen-bond donors (Lipinski definition) is 2. The summed E-state index contributed by atoms with van der Waals surface area (Å²) in [6, 6.07) is 7.69. The lowest BCUT2D eigenvalue weighted by Crippen LogP contribution is -1.98. The molecule has 3 nitrogen and oxygen atoms in total. The molecule has 4 N–H and O–H groups in total. The van der Waals surface area contributed by atoms with Crippen molar-refractivity contribution in [1.82, 2.24) is 0 Å². The van der Waals surface area contributed by atoms with Gasteiger partial charge in [0.2, 0.25) is 0 Å². The van der Waals surface area contributed by atoms with E-state index < -0.39 is 0 Å². The van der Waals surface area contributed by atoms with Crippen LogP contribution in [-0.4, -0.2) is 19.3 Å². The molecule has 0 saturated heterocycles. The maximum Gasteiger partial charge on any atom is 0.0390 e. The highest BCUT2D eigenvalue weighted by molar-refractivity contribution is 5.80. The zero-order valence-electron chi connectivity index (χ0n) is 8.32. The van der Waals surface area contributed by atoms with Gasteiger partial charge in [0, 0.05) is 18.4 Å². The molecule has 14 heavy (non-hydrogen) atoms. The molecule has 3 heteroatoms. The van der Waals surface area contributed by atoms with E-state index in [9.17, 15) is 0 Å². The van der Waals surface area contributed by atoms with Gasteiger partial charge in [-0.25, -0.2) is 0 Å². The van der Waals surface area contributed by atoms with E-state index in [2.05, 4.69) is 4.99 Å². The van der Waals surface area contributed by atoms with E-state index in [0.717, 1.165) is 37.2 Å². The Morgan fingerprint density at radius 3 is 2.86 bits per heavy atom. The summed E-state index contributed by atoms with van der Waals surface area (Å²) >= 11 is 0. The SMILES string of the molecule is NCCCCN=Cc1cccc(N)c1. The Morgan fingerprint density at radius 2 is 2.14 bits per heavy atom. The van der Waals surface area contributed by atoms with Gasteiger partial charge in [0.15, 0.2) is 0 Å². The first-order valence-electron chi connectivity index (χ1n) is 4.88. The van der Waals surface area contributed by atoms with Gasteiger partial charge in [-0.15, -0.1) is 0 Å². The smallest absolute Gasteiger partial charge is 0.0390 e. The van der Waals surface area contributed by atoms with Crippen LogP contribution >= 0.6 is 0 Å². The summed E-state index contributed by atoms with van der Waals surface area (Å²) in [6.45, 7) is 1.58. The number of anilines is 1. The van der Waals surface area contributed by atoms with Crippen LogP contribution in [0.2, 0.25) is 0 Å². The zero-order chi connectivity index (χ0) is 10.2. The Kier molecular flexibility index (Phi) is 4.72. The predicted octanol–water partition coefficient (Wildman–Crippen LogP) is 1.43. The fourth-order valence-corrected chi connectivity index (χ4v) is 1.16. The van der Waals surface area contributed by atoms with E-state index in [-0.39, 0.29) is 0 Å². The number of nitrogen functional groups attached to an aromatic ring is 1. The second-order valence-corrected chi connectivity index (χ2v) is 3.20. The van der Waals surface area contributed by atoms with Gasteiger partial charge in [-0.2, -0.15) is 0 Å². The second kappa shape index (κ2) is 6.16. The zero-order valence-corrected chi connectivity index (χ0v) is 8.32. The average Bonchev–Trinajstić information content (AvgIpc) is 2.18. The summed E-state index contributed by atoms with van der Waals surface area (Å²) < 4.78 is 0. The van der Waals surface area contributed by atoms with E-state index in [1.165, 1.54) is 0 Å². The summed E-state index contributed by atoms with van der Waals surface area (Å²) in [5, 5.41) is 0. The van der Waals surface area contributed by atoms with Crippen molar-refractivity contribution in [2.45, 2.75) is 12.8 Å². The van der Waals surface area contributed by atoms with Gasteiger partial charge in [0.1, 0.15) is 0 Å². The Balaban J connectivity index is 2.36. The van der Waals surface area contributed by atoms with Crippen molar-refractivity contribution < 1.29 is 0 Å². The van der Waals surface area contributed by atoms with Gasteiger partial charge in [0.25, 0.3) is 0 Å². The minimum absolute atomic E-state index is 0.744. The van der Waals surface area contributed by atoms with E-state index >= 15 is 0 Å².